The molecule has 0 spiro atoms. The summed E-state index contributed by atoms with van der Waals surface area (Å²) in [5, 5.41) is 9.76. The predicted molar refractivity (Wildman–Crippen MR) is 91.1 cm³/mol. The third kappa shape index (κ3) is 2.27. The minimum absolute atomic E-state index is 0.227. The Hall–Kier alpha value is -3.22. The maximum absolute atomic E-state index is 14.6. The summed E-state index contributed by atoms with van der Waals surface area (Å²) in [7, 11) is 0. The average molecular weight is 335 g/mol. The fraction of sp³-hybridized carbons (Fsp3) is 0.167. The summed E-state index contributed by atoms with van der Waals surface area (Å²) in [6.07, 6.45) is 5.69. The van der Waals surface area contributed by atoms with Gasteiger partial charge < -0.3 is 4.98 Å². The molecule has 0 unspecified atom stereocenters. The molecule has 25 heavy (non-hydrogen) atoms. The number of nitrogens with one attached hydrogen (secondary N) is 1. The lowest BCUT2D eigenvalue weighted by molar-refractivity contribution is 0.619. The lowest BCUT2D eigenvalue weighted by atomic mass is 10.1. The third-order valence-corrected chi connectivity index (χ3v) is 4.43. The van der Waals surface area contributed by atoms with Crippen LogP contribution < -0.4 is 5.56 Å². The smallest absolute Gasteiger partial charge is 0.248 e. The maximum Gasteiger partial charge on any atom is 0.248 e. The van der Waals surface area contributed by atoms with E-state index in [0.29, 0.717) is 34.0 Å². The van der Waals surface area contributed by atoms with Crippen molar-refractivity contribution in [1.82, 2.24) is 24.5 Å². The van der Waals surface area contributed by atoms with Gasteiger partial charge in [-0.1, -0.05) is 12.1 Å². The van der Waals surface area contributed by atoms with E-state index >= 15 is 0 Å². The highest BCUT2D eigenvalue weighted by Crippen LogP contribution is 2.35. The van der Waals surface area contributed by atoms with Gasteiger partial charge in [0.05, 0.1) is 6.04 Å². The summed E-state index contributed by atoms with van der Waals surface area (Å²) in [6.45, 7) is 0. The number of nitrogens with zero attached hydrogens (tertiary/aromatic N) is 4. The number of pyridine rings is 1. The number of fused-ring (bicyclic) bond motifs is 1. The highest BCUT2D eigenvalue weighted by molar-refractivity contribution is 5.94. The second kappa shape index (κ2) is 5.14. The van der Waals surface area contributed by atoms with E-state index in [-0.39, 0.29) is 11.4 Å². The van der Waals surface area contributed by atoms with Crippen LogP contribution in [0.2, 0.25) is 0 Å². The molecule has 3 heterocycles. The molecule has 1 aromatic carbocycles. The van der Waals surface area contributed by atoms with Gasteiger partial charge in [0.25, 0.3) is 0 Å². The second-order valence-electron chi connectivity index (χ2n) is 6.22. The summed E-state index contributed by atoms with van der Waals surface area (Å²) in [6, 6.07) is 10.3. The fourth-order valence-electron chi connectivity index (χ4n) is 3.08. The van der Waals surface area contributed by atoms with Gasteiger partial charge in [0.2, 0.25) is 5.56 Å². The van der Waals surface area contributed by atoms with Crippen LogP contribution in [0, 0.1) is 5.82 Å². The number of rotatable bonds is 3. The molecule has 1 N–H and O–H groups in total. The molecule has 1 saturated carbocycles. The zero-order valence-corrected chi connectivity index (χ0v) is 13.2. The summed E-state index contributed by atoms with van der Waals surface area (Å²) in [4.78, 5) is 14.2. The van der Waals surface area contributed by atoms with Gasteiger partial charge in [-0.25, -0.2) is 9.07 Å². The van der Waals surface area contributed by atoms with E-state index < -0.39 is 0 Å². The Morgan fingerprint density at radius 2 is 2.04 bits per heavy atom. The van der Waals surface area contributed by atoms with Crippen molar-refractivity contribution in [1.29, 1.82) is 0 Å². The van der Waals surface area contributed by atoms with E-state index in [1.165, 1.54) is 16.8 Å². The summed E-state index contributed by atoms with van der Waals surface area (Å²) < 4.78 is 18.0. The minimum atomic E-state index is -0.373. The van der Waals surface area contributed by atoms with Crippen molar-refractivity contribution >= 4 is 10.9 Å². The number of hydrogen-bond acceptors (Lipinski definition) is 3. The molecule has 0 radical (unpaired) electrons. The van der Waals surface area contributed by atoms with Crippen molar-refractivity contribution in [3.8, 4) is 17.1 Å². The van der Waals surface area contributed by atoms with Gasteiger partial charge in [0, 0.05) is 35.5 Å². The Morgan fingerprint density at radius 3 is 2.84 bits per heavy atom. The first-order valence-corrected chi connectivity index (χ1v) is 8.12. The molecule has 7 heteroatoms. The van der Waals surface area contributed by atoms with Crippen LogP contribution in [-0.2, 0) is 0 Å². The molecule has 3 aromatic heterocycles. The number of halogens is 1. The molecule has 0 saturated heterocycles. The molecule has 4 aromatic rings. The molecular weight excluding hydrogens is 321 g/mol. The molecule has 0 aliphatic heterocycles. The number of hydrogen-bond donors (Lipinski definition) is 1. The molecule has 6 nitrogen and oxygen atoms in total. The molecule has 1 fully saturated rings. The van der Waals surface area contributed by atoms with Crippen LogP contribution in [0.25, 0.3) is 28.0 Å². The summed E-state index contributed by atoms with van der Waals surface area (Å²) in [5.41, 5.74) is 1.33. The molecule has 5 rings (SSSR count). The second-order valence-corrected chi connectivity index (χ2v) is 6.22. The molecule has 124 valence electrons. The lowest BCUT2D eigenvalue weighted by Gasteiger charge is -2.00. The first-order chi connectivity index (χ1) is 12.2. The zero-order chi connectivity index (χ0) is 17.0. The van der Waals surface area contributed by atoms with Gasteiger partial charge >= 0.3 is 0 Å². The maximum atomic E-state index is 14.6. The van der Waals surface area contributed by atoms with Crippen LogP contribution in [0.1, 0.15) is 18.9 Å². The Morgan fingerprint density at radius 1 is 1.16 bits per heavy atom. The molecular formula is C18H14FN5O. The van der Waals surface area contributed by atoms with E-state index in [1.807, 2.05) is 16.9 Å². The van der Waals surface area contributed by atoms with Crippen molar-refractivity contribution in [2.45, 2.75) is 18.9 Å². The topological polar surface area (TPSA) is 68.5 Å². The van der Waals surface area contributed by atoms with Crippen molar-refractivity contribution in [3.05, 3.63) is 65.0 Å². The van der Waals surface area contributed by atoms with E-state index in [1.54, 1.807) is 24.4 Å². The van der Waals surface area contributed by atoms with Gasteiger partial charge in [-0.15, -0.1) is 0 Å². The Bertz CT molecular complexity index is 1150. The van der Waals surface area contributed by atoms with E-state index in [9.17, 15) is 9.18 Å². The number of aromatic amines is 1. The summed E-state index contributed by atoms with van der Waals surface area (Å²) in [5.74, 6) is 0.195. The fourth-order valence-corrected chi connectivity index (χ4v) is 3.08. The van der Waals surface area contributed by atoms with Crippen molar-refractivity contribution in [2.75, 3.05) is 0 Å². The van der Waals surface area contributed by atoms with Crippen LogP contribution in [0.3, 0.4) is 0 Å². The van der Waals surface area contributed by atoms with Crippen molar-refractivity contribution in [3.63, 3.8) is 0 Å². The quantitative estimate of drug-likeness (QED) is 0.626. The molecule has 0 bridgehead atoms. The average Bonchev–Trinajstić information content (AvgIpc) is 3.20. The number of para-hydroxylation sites is 1. The summed E-state index contributed by atoms with van der Waals surface area (Å²) >= 11 is 0. The van der Waals surface area contributed by atoms with Gasteiger partial charge in [0.15, 0.2) is 5.82 Å². The standard InChI is InChI=1S/C18H14FN5O/c19-14-3-1-2-13-17(11-6-8-20-16(25)10-11)22-24(18(13)14)15-7-9-23(21-15)12-4-5-12/h1-3,6-10,12H,4-5H2,(H,20,25). The first kappa shape index (κ1) is 14.2. The normalized spacial score (nSPS) is 14.3. The Balaban J connectivity index is 1.77. The van der Waals surface area contributed by atoms with Crippen molar-refractivity contribution < 1.29 is 4.39 Å². The van der Waals surface area contributed by atoms with Gasteiger partial charge in [-0.05, 0) is 25.0 Å². The SMILES string of the molecule is O=c1cc(-c2nn(-c3ccn(C4CC4)n3)c3c(F)cccc23)cc[nH]1. The van der Waals surface area contributed by atoms with E-state index in [2.05, 4.69) is 15.2 Å². The minimum Gasteiger partial charge on any atom is -0.329 e. The van der Waals surface area contributed by atoms with Crippen LogP contribution >= 0.6 is 0 Å². The van der Waals surface area contributed by atoms with Crippen LogP contribution in [0.4, 0.5) is 4.39 Å². The highest BCUT2D eigenvalue weighted by Gasteiger charge is 2.25. The molecule has 1 aliphatic carbocycles. The van der Waals surface area contributed by atoms with Gasteiger partial charge in [-0.3, -0.25) is 9.48 Å². The highest BCUT2D eigenvalue weighted by atomic mass is 19.1. The Kier molecular flexibility index (Phi) is 2.91. The Labute approximate surface area is 141 Å². The number of H-pyrrole nitrogens is 1. The molecule has 1 aliphatic rings. The zero-order valence-electron chi connectivity index (χ0n) is 13.2. The number of aromatic nitrogens is 5. The van der Waals surface area contributed by atoms with E-state index in [4.69, 9.17) is 0 Å². The lowest BCUT2D eigenvalue weighted by Crippen LogP contribution is -2.03. The van der Waals surface area contributed by atoms with Crippen LogP contribution in [0.5, 0.6) is 0 Å². The predicted octanol–water partition coefficient (Wildman–Crippen LogP) is 3.05. The van der Waals surface area contributed by atoms with Crippen molar-refractivity contribution in [2.24, 2.45) is 0 Å². The molecule has 0 atom stereocenters. The first-order valence-electron chi connectivity index (χ1n) is 8.12. The van der Waals surface area contributed by atoms with E-state index in [0.717, 1.165) is 12.8 Å². The monoisotopic (exact) mass is 335 g/mol. The molecule has 0 amide bonds. The third-order valence-electron chi connectivity index (χ3n) is 4.43. The van der Waals surface area contributed by atoms with Gasteiger partial charge in [-0.2, -0.15) is 10.2 Å². The van der Waals surface area contributed by atoms with Gasteiger partial charge in [0.1, 0.15) is 17.0 Å². The largest absolute Gasteiger partial charge is 0.329 e. The van der Waals surface area contributed by atoms with Crippen LogP contribution in [0.15, 0.2) is 53.6 Å². The number of benzene rings is 1. The van der Waals surface area contributed by atoms with Crippen LogP contribution in [-0.4, -0.2) is 24.5 Å².